The molecule has 21 heavy (non-hydrogen) atoms. The van der Waals surface area contributed by atoms with E-state index in [-0.39, 0.29) is 11.8 Å². The van der Waals surface area contributed by atoms with Gasteiger partial charge in [-0.25, -0.2) is 8.42 Å². The fourth-order valence-electron chi connectivity index (χ4n) is 3.37. The van der Waals surface area contributed by atoms with Gasteiger partial charge < -0.3 is 10.6 Å². The molecular formula is C15H29N3O2S. The summed E-state index contributed by atoms with van der Waals surface area (Å²) in [6.07, 6.45) is 10.1. The van der Waals surface area contributed by atoms with Crippen LogP contribution in [0.1, 0.15) is 51.4 Å². The Morgan fingerprint density at radius 1 is 1.19 bits per heavy atom. The van der Waals surface area contributed by atoms with Gasteiger partial charge in [0.1, 0.15) is 0 Å². The molecule has 0 bridgehead atoms. The topological polar surface area (TPSA) is 70.6 Å². The van der Waals surface area contributed by atoms with Crippen molar-refractivity contribution in [1.29, 1.82) is 0 Å². The van der Waals surface area contributed by atoms with Crippen molar-refractivity contribution in [2.24, 2.45) is 10.9 Å². The van der Waals surface area contributed by atoms with E-state index in [1.165, 1.54) is 38.5 Å². The predicted molar refractivity (Wildman–Crippen MR) is 87.4 cm³/mol. The van der Waals surface area contributed by atoms with Gasteiger partial charge in [0.05, 0.1) is 11.5 Å². The van der Waals surface area contributed by atoms with Crippen LogP contribution in [0.5, 0.6) is 0 Å². The van der Waals surface area contributed by atoms with E-state index in [1.807, 2.05) is 0 Å². The average Bonchev–Trinajstić information content (AvgIpc) is 2.82. The summed E-state index contributed by atoms with van der Waals surface area (Å²) in [7, 11) is -1.10. The summed E-state index contributed by atoms with van der Waals surface area (Å²) in [5.41, 5.74) is 0. The Hall–Kier alpha value is -0.780. The van der Waals surface area contributed by atoms with Crippen molar-refractivity contribution in [3.8, 4) is 0 Å². The number of aliphatic imine (C=N–C) groups is 1. The van der Waals surface area contributed by atoms with Crippen LogP contribution in [0.25, 0.3) is 0 Å². The molecule has 1 aliphatic carbocycles. The summed E-state index contributed by atoms with van der Waals surface area (Å²) in [4.78, 5) is 4.18. The van der Waals surface area contributed by atoms with Crippen LogP contribution in [0.15, 0.2) is 4.99 Å². The van der Waals surface area contributed by atoms with Gasteiger partial charge in [-0.15, -0.1) is 0 Å². The summed E-state index contributed by atoms with van der Waals surface area (Å²) < 4.78 is 22.9. The zero-order chi connectivity index (χ0) is 15.1. The second-order valence-corrected chi connectivity index (χ2v) is 8.62. The van der Waals surface area contributed by atoms with E-state index >= 15 is 0 Å². The van der Waals surface area contributed by atoms with Crippen molar-refractivity contribution < 1.29 is 8.42 Å². The summed E-state index contributed by atoms with van der Waals surface area (Å²) in [5, 5.41) is 6.53. The van der Waals surface area contributed by atoms with Gasteiger partial charge in [-0.05, 0) is 25.2 Å². The third kappa shape index (κ3) is 5.85. The molecule has 2 aliphatic rings. The lowest BCUT2D eigenvalue weighted by molar-refractivity contribution is 0.332. The van der Waals surface area contributed by atoms with Crippen LogP contribution in [0, 0.1) is 5.92 Å². The highest BCUT2D eigenvalue weighted by molar-refractivity contribution is 7.91. The smallest absolute Gasteiger partial charge is 0.191 e. The minimum absolute atomic E-state index is 0.0135. The molecule has 5 nitrogen and oxygen atoms in total. The van der Waals surface area contributed by atoms with Crippen molar-refractivity contribution in [1.82, 2.24) is 10.6 Å². The van der Waals surface area contributed by atoms with Crippen molar-refractivity contribution in [3.05, 3.63) is 0 Å². The second-order valence-electron chi connectivity index (χ2n) is 6.39. The summed E-state index contributed by atoms with van der Waals surface area (Å²) in [5.74, 6) is 2.18. The summed E-state index contributed by atoms with van der Waals surface area (Å²) in [6, 6.07) is 0.0135. The van der Waals surface area contributed by atoms with E-state index in [1.54, 1.807) is 7.05 Å². The number of nitrogens with one attached hydrogen (secondary N) is 2. The number of guanidine groups is 1. The van der Waals surface area contributed by atoms with Crippen molar-refractivity contribution in [2.75, 3.05) is 25.1 Å². The van der Waals surface area contributed by atoms with Crippen LogP contribution in [0.2, 0.25) is 0 Å². The molecule has 0 aromatic heterocycles. The fraction of sp³-hybridized carbons (Fsp3) is 0.933. The lowest BCUT2D eigenvalue weighted by Gasteiger charge is -2.22. The molecule has 0 spiro atoms. The van der Waals surface area contributed by atoms with Gasteiger partial charge in [0.25, 0.3) is 0 Å². The first-order valence-electron chi connectivity index (χ1n) is 8.26. The third-order valence-electron chi connectivity index (χ3n) is 4.60. The zero-order valence-electron chi connectivity index (χ0n) is 13.1. The number of nitrogens with zero attached hydrogens (tertiary/aromatic N) is 1. The molecule has 0 aromatic carbocycles. The molecule has 1 aliphatic heterocycles. The second kappa shape index (κ2) is 8.01. The van der Waals surface area contributed by atoms with Crippen LogP contribution >= 0.6 is 0 Å². The lowest BCUT2D eigenvalue weighted by Crippen LogP contribution is -2.44. The number of rotatable bonds is 5. The third-order valence-corrected chi connectivity index (χ3v) is 6.37. The van der Waals surface area contributed by atoms with Gasteiger partial charge in [0.15, 0.2) is 15.8 Å². The highest BCUT2D eigenvalue weighted by Gasteiger charge is 2.28. The molecular weight excluding hydrogens is 286 g/mol. The molecule has 1 unspecified atom stereocenters. The predicted octanol–water partition coefficient (Wildman–Crippen LogP) is 1.70. The maximum absolute atomic E-state index is 11.4. The van der Waals surface area contributed by atoms with Gasteiger partial charge in [-0.3, -0.25) is 4.99 Å². The molecule has 1 atom stereocenters. The van der Waals surface area contributed by atoms with Crippen molar-refractivity contribution in [3.63, 3.8) is 0 Å². The van der Waals surface area contributed by atoms with E-state index in [4.69, 9.17) is 0 Å². The van der Waals surface area contributed by atoms with E-state index in [0.717, 1.165) is 24.8 Å². The molecule has 2 fully saturated rings. The number of hydrogen-bond acceptors (Lipinski definition) is 3. The van der Waals surface area contributed by atoms with E-state index in [0.29, 0.717) is 12.2 Å². The highest BCUT2D eigenvalue weighted by Crippen LogP contribution is 2.26. The van der Waals surface area contributed by atoms with Crippen LogP contribution in [-0.4, -0.2) is 45.5 Å². The minimum atomic E-state index is -2.83. The van der Waals surface area contributed by atoms with Crippen molar-refractivity contribution >= 4 is 15.8 Å². The summed E-state index contributed by atoms with van der Waals surface area (Å²) >= 11 is 0. The molecule has 2 rings (SSSR count). The first-order valence-corrected chi connectivity index (χ1v) is 10.1. The Labute approximate surface area is 128 Å². The molecule has 2 N–H and O–H groups in total. The first-order chi connectivity index (χ1) is 10.1. The molecule has 1 saturated carbocycles. The van der Waals surface area contributed by atoms with E-state index in [2.05, 4.69) is 15.6 Å². The molecule has 1 heterocycles. The monoisotopic (exact) mass is 315 g/mol. The van der Waals surface area contributed by atoms with E-state index < -0.39 is 9.84 Å². The van der Waals surface area contributed by atoms with Gasteiger partial charge in [-0.1, -0.05) is 32.1 Å². The lowest BCUT2D eigenvalue weighted by atomic mass is 9.86. The molecule has 6 heteroatoms. The Kier molecular flexibility index (Phi) is 6.33. The SMILES string of the molecule is CN=C(NCCCC1CCCCC1)NC1CCS(=O)(=O)C1. The maximum atomic E-state index is 11.4. The van der Waals surface area contributed by atoms with Gasteiger partial charge in [0, 0.05) is 19.6 Å². The van der Waals surface area contributed by atoms with Crippen LogP contribution in [-0.2, 0) is 9.84 Å². The molecule has 1 saturated heterocycles. The zero-order valence-corrected chi connectivity index (χ0v) is 13.9. The Bertz CT molecular complexity index is 442. The van der Waals surface area contributed by atoms with Gasteiger partial charge in [-0.2, -0.15) is 0 Å². The van der Waals surface area contributed by atoms with E-state index in [9.17, 15) is 8.42 Å². The molecule has 122 valence electrons. The average molecular weight is 315 g/mol. The molecule has 0 radical (unpaired) electrons. The number of hydrogen-bond donors (Lipinski definition) is 2. The van der Waals surface area contributed by atoms with Gasteiger partial charge in [0.2, 0.25) is 0 Å². The van der Waals surface area contributed by atoms with Crippen LogP contribution in [0.4, 0.5) is 0 Å². The number of sulfone groups is 1. The molecule has 0 amide bonds. The van der Waals surface area contributed by atoms with Gasteiger partial charge >= 0.3 is 0 Å². The van der Waals surface area contributed by atoms with Crippen LogP contribution < -0.4 is 10.6 Å². The normalized spacial score (nSPS) is 26.7. The first kappa shape index (κ1) is 16.6. The Balaban J connectivity index is 1.61. The van der Waals surface area contributed by atoms with Crippen molar-refractivity contribution in [2.45, 2.75) is 57.4 Å². The highest BCUT2D eigenvalue weighted by atomic mass is 32.2. The van der Waals surface area contributed by atoms with Crippen LogP contribution in [0.3, 0.4) is 0 Å². The minimum Gasteiger partial charge on any atom is -0.356 e. The Morgan fingerprint density at radius 2 is 1.95 bits per heavy atom. The largest absolute Gasteiger partial charge is 0.356 e. The maximum Gasteiger partial charge on any atom is 0.191 e. The Morgan fingerprint density at radius 3 is 2.57 bits per heavy atom. The standard InChI is InChI=1S/C15H29N3O2S/c1-16-15(18-14-9-11-21(19,20)12-14)17-10-5-8-13-6-3-2-4-7-13/h13-14H,2-12H2,1H3,(H2,16,17,18). The molecule has 0 aromatic rings. The fourth-order valence-corrected chi connectivity index (χ4v) is 5.04. The summed E-state index contributed by atoms with van der Waals surface area (Å²) in [6.45, 7) is 0.912. The quantitative estimate of drug-likeness (QED) is 0.460.